The van der Waals surface area contributed by atoms with Crippen LogP contribution in [0.1, 0.15) is 69.5 Å². The van der Waals surface area contributed by atoms with Gasteiger partial charge in [0.2, 0.25) is 5.91 Å². The monoisotopic (exact) mass is 559 g/mol. The zero-order chi connectivity index (χ0) is 27.8. The molecule has 1 fully saturated rings. The second-order valence-electron chi connectivity index (χ2n) is 10.2. The summed E-state index contributed by atoms with van der Waals surface area (Å²) < 4.78 is 41.1. The Hall–Kier alpha value is -2.29. The van der Waals surface area contributed by atoms with Crippen LogP contribution in [0.2, 0.25) is 10.0 Å². The Morgan fingerprint density at radius 3 is 2.27 bits per heavy atom. The Balaban J connectivity index is 2.25. The predicted molar refractivity (Wildman–Crippen MR) is 136 cm³/mol. The van der Waals surface area contributed by atoms with Gasteiger partial charge in [-0.2, -0.15) is 13.2 Å². The molecule has 5 nitrogen and oxygen atoms in total. The molecule has 202 valence electrons. The van der Waals surface area contributed by atoms with E-state index in [-0.39, 0.29) is 12.8 Å². The number of nitrogens with zero attached hydrogens (tertiary/aromatic N) is 1. The highest BCUT2D eigenvalue weighted by Crippen LogP contribution is 2.53. The molecule has 0 aromatic heterocycles. The SMILES string of the molecule is CCC(CC(C)(O)C(F)(F)F)N1C(=O)[C@@](C)(CC(=O)O)C[C@H](c2cccc(Cl)c2)C1c1ccc(Cl)cc1. The highest BCUT2D eigenvalue weighted by atomic mass is 35.5. The molecule has 3 unspecified atom stereocenters. The van der Waals surface area contributed by atoms with Crippen LogP contribution in [0.4, 0.5) is 13.2 Å². The van der Waals surface area contributed by atoms with Crippen LogP contribution in [-0.4, -0.2) is 44.8 Å². The molecule has 0 radical (unpaired) electrons. The van der Waals surface area contributed by atoms with Crippen LogP contribution in [-0.2, 0) is 9.59 Å². The molecule has 5 atom stereocenters. The first-order valence-corrected chi connectivity index (χ1v) is 12.7. The summed E-state index contributed by atoms with van der Waals surface area (Å²) in [6.07, 6.45) is -5.96. The zero-order valence-corrected chi connectivity index (χ0v) is 22.2. The van der Waals surface area contributed by atoms with E-state index in [9.17, 15) is 33.0 Å². The number of halogens is 5. The van der Waals surface area contributed by atoms with Crippen LogP contribution >= 0.6 is 23.2 Å². The van der Waals surface area contributed by atoms with E-state index in [2.05, 4.69) is 0 Å². The maximum atomic E-state index is 14.1. The van der Waals surface area contributed by atoms with Crippen LogP contribution in [0.25, 0.3) is 0 Å². The van der Waals surface area contributed by atoms with Crippen molar-refractivity contribution in [2.75, 3.05) is 0 Å². The smallest absolute Gasteiger partial charge is 0.416 e. The molecule has 37 heavy (non-hydrogen) atoms. The first-order chi connectivity index (χ1) is 17.1. The zero-order valence-electron chi connectivity index (χ0n) is 20.7. The fourth-order valence-electron chi connectivity index (χ4n) is 5.29. The van der Waals surface area contributed by atoms with E-state index in [1.165, 1.54) is 11.8 Å². The highest BCUT2D eigenvalue weighted by Gasteiger charge is 2.56. The summed E-state index contributed by atoms with van der Waals surface area (Å²) in [5, 5.41) is 20.9. The number of piperidine rings is 1. The number of hydrogen-bond acceptors (Lipinski definition) is 3. The summed E-state index contributed by atoms with van der Waals surface area (Å²) in [6.45, 7) is 3.85. The predicted octanol–water partition coefficient (Wildman–Crippen LogP) is 7.01. The van der Waals surface area contributed by atoms with Crippen LogP contribution in [0.15, 0.2) is 48.5 Å². The molecular weight excluding hydrogens is 530 g/mol. The second kappa shape index (κ2) is 10.8. The average molecular weight is 560 g/mol. The van der Waals surface area contributed by atoms with Crippen molar-refractivity contribution in [3.63, 3.8) is 0 Å². The minimum atomic E-state index is -4.92. The Kier molecular flexibility index (Phi) is 8.57. The molecule has 1 aliphatic rings. The van der Waals surface area contributed by atoms with Crippen molar-refractivity contribution in [2.24, 2.45) is 5.41 Å². The maximum absolute atomic E-state index is 14.1. The van der Waals surface area contributed by atoms with E-state index < -0.39 is 59.9 Å². The van der Waals surface area contributed by atoms with Gasteiger partial charge in [-0.15, -0.1) is 0 Å². The molecule has 2 aromatic rings. The standard InChI is InChI=1S/C27H30Cl2F3NO4/c1-4-20(13-26(3,37)27(30,31)32)33-23(16-8-10-18(28)11-9-16)21(17-6-5-7-19(29)12-17)14-25(2,24(33)36)15-22(34)35/h5-12,20-21,23,37H,4,13-15H2,1-3H3,(H,34,35)/t20?,21-,23?,25-,26?/m1/s1. The van der Waals surface area contributed by atoms with Gasteiger partial charge in [-0.1, -0.05) is 61.3 Å². The van der Waals surface area contributed by atoms with Gasteiger partial charge in [0.1, 0.15) is 0 Å². The van der Waals surface area contributed by atoms with Crippen molar-refractivity contribution in [1.29, 1.82) is 0 Å². The number of aliphatic carboxylic acids is 1. The highest BCUT2D eigenvalue weighted by molar-refractivity contribution is 6.30. The van der Waals surface area contributed by atoms with E-state index in [0.29, 0.717) is 22.5 Å². The van der Waals surface area contributed by atoms with Crippen molar-refractivity contribution in [3.05, 3.63) is 69.7 Å². The van der Waals surface area contributed by atoms with Gasteiger partial charge in [0.05, 0.1) is 17.9 Å². The summed E-state index contributed by atoms with van der Waals surface area (Å²) >= 11 is 12.4. The van der Waals surface area contributed by atoms with Gasteiger partial charge in [0.15, 0.2) is 5.60 Å². The van der Waals surface area contributed by atoms with Crippen molar-refractivity contribution in [1.82, 2.24) is 4.90 Å². The van der Waals surface area contributed by atoms with Crippen LogP contribution in [0, 0.1) is 5.41 Å². The summed E-state index contributed by atoms with van der Waals surface area (Å²) in [5.41, 5.74) is -3.12. The summed E-state index contributed by atoms with van der Waals surface area (Å²) in [4.78, 5) is 27.2. The molecule has 3 rings (SSSR count). The molecule has 0 spiro atoms. The summed E-state index contributed by atoms with van der Waals surface area (Å²) in [6, 6.07) is 11.8. The largest absolute Gasteiger partial charge is 0.481 e. The minimum absolute atomic E-state index is 0.105. The molecule has 2 N–H and O–H groups in total. The van der Waals surface area contributed by atoms with E-state index in [1.807, 2.05) is 0 Å². The van der Waals surface area contributed by atoms with Gasteiger partial charge in [-0.25, -0.2) is 0 Å². The lowest BCUT2D eigenvalue weighted by Crippen LogP contribution is -2.58. The van der Waals surface area contributed by atoms with Gasteiger partial charge >= 0.3 is 12.1 Å². The number of amides is 1. The molecule has 1 heterocycles. The molecule has 1 aliphatic heterocycles. The van der Waals surface area contributed by atoms with Gasteiger partial charge in [-0.05, 0) is 55.2 Å². The van der Waals surface area contributed by atoms with Gasteiger partial charge in [0, 0.05) is 28.4 Å². The first-order valence-electron chi connectivity index (χ1n) is 11.9. The number of rotatable bonds is 8. The molecule has 1 saturated heterocycles. The Morgan fingerprint density at radius 2 is 1.76 bits per heavy atom. The minimum Gasteiger partial charge on any atom is -0.481 e. The molecule has 0 bridgehead atoms. The van der Waals surface area contributed by atoms with Crippen molar-refractivity contribution in [2.45, 2.75) is 76.2 Å². The van der Waals surface area contributed by atoms with E-state index >= 15 is 0 Å². The number of carboxylic acid groups (broad SMARTS) is 1. The Bertz CT molecular complexity index is 1140. The van der Waals surface area contributed by atoms with Crippen LogP contribution in [0.3, 0.4) is 0 Å². The first kappa shape index (κ1) is 29.3. The van der Waals surface area contributed by atoms with E-state index in [1.54, 1.807) is 55.5 Å². The topological polar surface area (TPSA) is 77.8 Å². The third-order valence-corrected chi connectivity index (χ3v) is 7.73. The van der Waals surface area contributed by atoms with Gasteiger partial charge in [0.25, 0.3) is 0 Å². The third kappa shape index (κ3) is 6.24. The van der Waals surface area contributed by atoms with Gasteiger partial charge in [-0.3, -0.25) is 9.59 Å². The number of hydrogen-bond donors (Lipinski definition) is 2. The van der Waals surface area contributed by atoms with Gasteiger partial charge < -0.3 is 15.1 Å². The number of carbonyl (C=O) groups is 2. The van der Waals surface area contributed by atoms with Crippen LogP contribution < -0.4 is 0 Å². The molecule has 2 aromatic carbocycles. The Labute approximate surface area is 224 Å². The second-order valence-corrected chi connectivity index (χ2v) is 11.1. The van der Waals surface area contributed by atoms with E-state index in [4.69, 9.17) is 23.2 Å². The quantitative estimate of drug-likeness (QED) is 0.364. The summed E-state index contributed by atoms with van der Waals surface area (Å²) in [5.74, 6) is -2.26. The lowest BCUT2D eigenvalue weighted by Gasteiger charge is -2.52. The molecule has 0 aliphatic carbocycles. The maximum Gasteiger partial charge on any atom is 0.416 e. The van der Waals surface area contributed by atoms with Crippen molar-refractivity contribution >= 4 is 35.1 Å². The van der Waals surface area contributed by atoms with Crippen molar-refractivity contribution < 1.29 is 33.0 Å². The number of benzene rings is 2. The summed E-state index contributed by atoms with van der Waals surface area (Å²) in [7, 11) is 0. The molecule has 1 amide bonds. The number of likely N-dealkylation sites (tertiary alicyclic amines) is 1. The lowest BCUT2D eigenvalue weighted by molar-refractivity contribution is -0.259. The number of carboxylic acids is 1. The fourth-order valence-corrected chi connectivity index (χ4v) is 5.62. The van der Waals surface area contributed by atoms with Crippen LogP contribution in [0.5, 0.6) is 0 Å². The fraction of sp³-hybridized carbons (Fsp3) is 0.481. The molecule has 0 saturated carbocycles. The average Bonchev–Trinajstić information content (AvgIpc) is 2.78. The van der Waals surface area contributed by atoms with Crippen molar-refractivity contribution in [3.8, 4) is 0 Å². The number of carbonyl (C=O) groups excluding carboxylic acids is 1. The normalized spacial score (nSPS) is 25.0. The molecular formula is C27H30Cl2F3NO4. The van der Waals surface area contributed by atoms with E-state index in [0.717, 1.165) is 5.56 Å². The number of aliphatic hydroxyl groups is 1. The Morgan fingerprint density at radius 1 is 1.14 bits per heavy atom. The lowest BCUT2D eigenvalue weighted by atomic mass is 9.66. The number of alkyl halides is 3. The third-order valence-electron chi connectivity index (χ3n) is 7.24. The molecule has 10 heteroatoms.